The zero-order valence-electron chi connectivity index (χ0n) is 18.4. The van der Waals surface area contributed by atoms with Gasteiger partial charge < -0.3 is 4.57 Å². The van der Waals surface area contributed by atoms with Gasteiger partial charge in [0, 0.05) is 27.8 Å². The minimum Gasteiger partial charge on any atom is -0.317 e. The van der Waals surface area contributed by atoms with Gasteiger partial charge in [0.25, 0.3) is 5.56 Å². The number of halogens is 1. The van der Waals surface area contributed by atoms with Gasteiger partial charge in [-0.3, -0.25) is 4.79 Å². The molecule has 5 nitrogen and oxygen atoms in total. The number of aryl methyl sites for hydroxylation is 4. The smallest absolute Gasteiger partial charge is 0.282 e. The molecule has 4 aromatic rings. The summed E-state index contributed by atoms with van der Waals surface area (Å²) in [6, 6.07) is 14.0. The molecule has 0 fully saturated rings. The van der Waals surface area contributed by atoms with Crippen LogP contribution in [-0.4, -0.2) is 20.4 Å². The standard InChI is InChI=1S/C25H25BrN4O/c1-6-23-28-22-11-10-20(26)13-21(22)25(31)30(23)27-14-19-12-17(4)29(18(19)5)24-15(2)8-7-9-16(24)3/h7-14H,6H2,1-5H3. The van der Waals surface area contributed by atoms with E-state index in [1.807, 2.05) is 19.1 Å². The lowest BCUT2D eigenvalue weighted by Gasteiger charge is -2.15. The largest absolute Gasteiger partial charge is 0.317 e. The second-order valence-corrected chi connectivity index (χ2v) is 8.72. The third-order valence-electron chi connectivity index (χ3n) is 5.64. The summed E-state index contributed by atoms with van der Waals surface area (Å²) in [5.74, 6) is 0.639. The fourth-order valence-electron chi connectivity index (χ4n) is 4.08. The van der Waals surface area contributed by atoms with Gasteiger partial charge in [0.15, 0.2) is 0 Å². The summed E-state index contributed by atoms with van der Waals surface area (Å²) in [6.45, 7) is 10.4. The monoisotopic (exact) mass is 476 g/mol. The van der Waals surface area contributed by atoms with E-state index in [9.17, 15) is 4.79 Å². The third kappa shape index (κ3) is 3.76. The number of hydrogen-bond donors (Lipinski definition) is 0. The van der Waals surface area contributed by atoms with E-state index in [0.29, 0.717) is 23.1 Å². The molecule has 0 aliphatic heterocycles. The first kappa shape index (κ1) is 21.2. The SMILES string of the molecule is CCc1nc2ccc(Br)cc2c(=O)n1N=Cc1cc(C)n(-c2c(C)cccc2C)c1C. The molecule has 2 aromatic heterocycles. The highest BCUT2D eigenvalue weighted by atomic mass is 79.9. The Hall–Kier alpha value is -2.99. The topological polar surface area (TPSA) is 52.2 Å². The van der Waals surface area contributed by atoms with Crippen LogP contribution in [0.2, 0.25) is 0 Å². The molecule has 6 heteroatoms. The fraction of sp³-hybridized carbons (Fsp3) is 0.240. The maximum Gasteiger partial charge on any atom is 0.282 e. The molecule has 0 saturated heterocycles. The van der Waals surface area contributed by atoms with Gasteiger partial charge in [-0.15, -0.1) is 0 Å². The number of para-hydroxylation sites is 1. The van der Waals surface area contributed by atoms with E-state index in [1.54, 1.807) is 12.3 Å². The second-order valence-electron chi connectivity index (χ2n) is 7.81. The van der Waals surface area contributed by atoms with Crippen molar-refractivity contribution in [1.82, 2.24) is 14.2 Å². The Morgan fingerprint density at radius 3 is 2.45 bits per heavy atom. The Bertz CT molecular complexity index is 1370. The van der Waals surface area contributed by atoms with Crippen molar-refractivity contribution in [3.8, 4) is 5.69 Å². The number of hydrogen-bond acceptors (Lipinski definition) is 3. The quantitative estimate of drug-likeness (QED) is 0.358. The zero-order valence-corrected chi connectivity index (χ0v) is 20.0. The number of rotatable bonds is 4. The average molecular weight is 477 g/mol. The van der Waals surface area contributed by atoms with E-state index in [0.717, 1.165) is 21.4 Å². The molecular weight excluding hydrogens is 452 g/mol. The van der Waals surface area contributed by atoms with Crippen LogP contribution in [0.1, 0.15) is 40.8 Å². The van der Waals surface area contributed by atoms with E-state index in [-0.39, 0.29) is 5.56 Å². The van der Waals surface area contributed by atoms with Crippen molar-refractivity contribution in [2.45, 2.75) is 41.0 Å². The average Bonchev–Trinajstić information content (AvgIpc) is 3.01. The van der Waals surface area contributed by atoms with Crippen LogP contribution in [0.25, 0.3) is 16.6 Å². The van der Waals surface area contributed by atoms with Crippen molar-refractivity contribution >= 4 is 33.0 Å². The van der Waals surface area contributed by atoms with Crippen molar-refractivity contribution in [2.75, 3.05) is 0 Å². The predicted octanol–water partition coefficient (Wildman–Crippen LogP) is 5.63. The maximum atomic E-state index is 13.1. The molecule has 31 heavy (non-hydrogen) atoms. The van der Waals surface area contributed by atoms with Gasteiger partial charge in [-0.05, 0) is 63.1 Å². The second kappa shape index (κ2) is 8.27. The molecule has 0 saturated carbocycles. The first-order valence-corrected chi connectivity index (χ1v) is 11.1. The number of fused-ring (bicyclic) bond motifs is 1. The number of benzene rings is 2. The maximum absolute atomic E-state index is 13.1. The van der Waals surface area contributed by atoms with Crippen molar-refractivity contribution in [3.63, 3.8) is 0 Å². The van der Waals surface area contributed by atoms with Crippen LogP contribution in [0.4, 0.5) is 0 Å². The molecule has 0 aliphatic carbocycles. The molecule has 0 bridgehead atoms. The van der Waals surface area contributed by atoms with Crippen LogP contribution in [0.15, 0.2) is 56.8 Å². The number of aromatic nitrogens is 3. The Morgan fingerprint density at radius 1 is 1.06 bits per heavy atom. The molecule has 0 amide bonds. The molecular formula is C25H25BrN4O. The summed E-state index contributed by atoms with van der Waals surface area (Å²) in [6.07, 6.45) is 2.37. The van der Waals surface area contributed by atoms with Gasteiger partial charge >= 0.3 is 0 Å². The van der Waals surface area contributed by atoms with Crippen molar-refractivity contribution in [1.29, 1.82) is 0 Å². The molecule has 2 aromatic carbocycles. The molecule has 0 atom stereocenters. The lowest BCUT2D eigenvalue weighted by atomic mass is 10.1. The van der Waals surface area contributed by atoms with Crippen molar-refractivity contribution in [2.24, 2.45) is 5.10 Å². The molecule has 0 aliphatic rings. The third-order valence-corrected chi connectivity index (χ3v) is 6.13. The minimum atomic E-state index is -0.164. The Balaban J connectivity index is 1.84. The summed E-state index contributed by atoms with van der Waals surface area (Å²) in [7, 11) is 0. The molecule has 2 heterocycles. The summed E-state index contributed by atoms with van der Waals surface area (Å²) < 4.78 is 4.52. The first-order chi connectivity index (χ1) is 14.8. The highest BCUT2D eigenvalue weighted by Gasteiger charge is 2.14. The van der Waals surface area contributed by atoms with Gasteiger partial charge in [0.05, 0.1) is 22.8 Å². The molecule has 0 N–H and O–H groups in total. The fourth-order valence-corrected chi connectivity index (χ4v) is 4.44. The lowest BCUT2D eigenvalue weighted by molar-refractivity contribution is 0.734. The van der Waals surface area contributed by atoms with E-state index in [2.05, 4.69) is 82.5 Å². The van der Waals surface area contributed by atoms with E-state index in [4.69, 9.17) is 0 Å². The molecule has 0 spiro atoms. The van der Waals surface area contributed by atoms with Gasteiger partial charge in [0.2, 0.25) is 0 Å². The molecule has 158 valence electrons. The van der Waals surface area contributed by atoms with Crippen LogP contribution >= 0.6 is 15.9 Å². The number of nitrogens with zero attached hydrogens (tertiary/aromatic N) is 4. The van der Waals surface area contributed by atoms with Crippen molar-refractivity contribution < 1.29 is 0 Å². The summed E-state index contributed by atoms with van der Waals surface area (Å²) in [5, 5.41) is 5.11. The van der Waals surface area contributed by atoms with E-state index < -0.39 is 0 Å². The Kier molecular flexibility index (Phi) is 5.67. The van der Waals surface area contributed by atoms with Crippen LogP contribution in [-0.2, 0) is 6.42 Å². The van der Waals surface area contributed by atoms with Crippen LogP contribution in [0.3, 0.4) is 0 Å². The summed E-state index contributed by atoms with van der Waals surface area (Å²) in [4.78, 5) is 17.8. The van der Waals surface area contributed by atoms with Gasteiger partial charge in [0.1, 0.15) is 5.82 Å². The predicted molar refractivity (Wildman–Crippen MR) is 131 cm³/mol. The van der Waals surface area contributed by atoms with Gasteiger partial charge in [-0.2, -0.15) is 9.78 Å². The van der Waals surface area contributed by atoms with Crippen molar-refractivity contribution in [3.05, 3.63) is 91.2 Å². The molecule has 0 radical (unpaired) electrons. The van der Waals surface area contributed by atoms with E-state index >= 15 is 0 Å². The lowest BCUT2D eigenvalue weighted by Crippen LogP contribution is -2.22. The highest BCUT2D eigenvalue weighted by Crippen LogP contribution is 2.25. The van der Waals surface area contributed by atoms with Crippen LogP contribution in [0, 0.1) is 27.7 Å². The Morgan fingerprint density at radius 2 is 1.77 bits per heavy atom. The Labute approximate surface area is 190 Å². The van der Waals surface area contributed by atoms with Gasteiger partial charge in [-0.1, -0.05) is 41.1 Å². The molecule has 0 unspecified atom stereocenters. The highest BCUT2D eigenvalue weighted by molar-refractivity contribution is 9.10. The van der Waals surface area contributed by atoms with Crippen LogP contribution < -0.4 is 5.56 Å². The van der Waals surface area contributed by atoms with Crippen LogP contribution in [0.5, 0.6) is 0 Å². The van der Waals surface area contributed by atoms with E-state index in [1.165, 1.54) is 21.5 Å². The summed E-state index contributed by atoms with van der Waals surface area (Å²) >= 11 is 3.44. The zero-order chi connectivity index (χ0) is 22.3. The van der Waals surface area contributed by atoms with Gasteiger partial charge in [-0.25, -0.2) is 4.98 Å². The first-order valence-electron chi connectivity index (χ1n) is 10.3. The minimum absolute atomic E-state index is 0.164. The summed E-state index contributed by atoms with van der Waals surface area (Å²) in [5.41, 5.74) is 7.34. The normalized spacial score (nSPS) is 11.7. The molecule has 4 rings (SSSR count).